The van der Waals surface area contributed by atoms with Gasteiger partial charge in [0.1, 0.15) is 11.2 Å². The normalized spacial score (nSPS) is 16.5. The standard InChI is InChI=1S/C14H13NO3/c1-9-2-4-10(5-3-9)12-15-8-11(18-12)14(6-7-14)13(16)17/h2-5,8H,6-7H2,1H3,(H,16,17). The van der Waals surface area contributed by atoms with Crippen LogP contribution in [-0.4, -0.2) is 16.1 Å². The third-order valence-corrected chi connectivity index (χ3v) is 3.44. The van der Waals surface area contributed by atoms with Gasteiger partial charge in [0.15, 0.2) is 0 Å². The molecule has 0 atom stereocenters. The topological polar surface area (TPSA) is 63.3 Å². The predicted molar refractivity (Wildman–Crippen MR) is 65.2 cm³/mol. The minimum atomic E-state index is -0.825. The second-order valence-corrected chi connectivity index (χ2v) is 4.78. The maximum absolute atomic E-state index is 11.2. The monoisotopic (exact) mass is 243 g/mol. The Morgan fingerprint density at radius 3 is 2.56 bits per heavy atom. The first-order chi connectivity index (χ1) is 8.62. The molecule has 0 bridgehead atoms. The fourth-order valence-corrected chi connectivity index (χ4v) is 2.02. The van der Waals surface area contributed by atoms with E-state index in [2.05, 4.69) is 4.98 Å². The molecule has 3 rings (SSSR count). The van der Waals surface area contributed by atoms with Crippen molar-refractivity contribution in [2.24, 2.45) is 0 Å². The summed E-state index contributed by atoms with van der Waals surface area (Å²) < 4.78 is 5.61. The van der Waals surface area contributed by atoms with Gasteiger partial charge in [0.25, 0.3) is 0 Å². The van der Waals surface area contributed by atoms with Crippen LogP contribution in [0.3, 0.4) is 0 Å². The van der Waals surface area contributed by atoms with Crippen LogP contribution in [0.4, 0.5) is 0 Å². The molecule has 0 spiro atoms. The average molecular weight is 243 g/mol. The third kappa shape index (κ3) is 1.61. The van der Waals surface area contributed by atoms with E-state index < -0.39 is 11.4 Å². The summed E-state index contributed by atoms with van der Waals surface area (Å²) in [6.07, 6.45) is 2.80. The van der Waals surface area contributed by atoms with Crippen molar-refractivity contribution in [2.75, 3.05) is 0 Å². The summed E-state index contributed by atoms with van der Waals surface area (Å²) in [6, 6.07) is 7.79. The molecule has 4 nitrogen and oxygen atoms in total. The summed E-state index contributed by atoms with van der Waals surface area (Å²) in [5.41, 5.74) is 1.21. The molecule has 2 aromatic rings. The lowest BCUT2D eigenvalue weighted by Gasteiger charge is -2.03. The van der Waals surface area contributed by atoms with Gasteiger partial charge in [-0.05, 0) is 31.9 Å². The lowest BCUT2D eigenvalue weighted by atomic mass is 10.1. The van der Waals surface area contributed by atoms with Crippen molar-refractivity contribution < 1.29 is 14.3 Å². The van der Waals surface area contributed by atoms with Crippen molar-refractivity contribution in [1.29, 1.82) is 0 Å². The van der Waals surface area contributed by atoms with Crippen molar-refractivity contribution in [1.82, 2.24) is 4.98 Å². The quantitative estimate of drug-likeness (QED) is 0.900. The third-order valence-electron chi connectivity index (χ3n) is 3.44. The SMILES string of the molecule is Cc1ccc(-c2ncc(C3(C(=O)O)CC3)o2)cc1. The number of rotatable bonds is 3. The minimum Gasteiger partial charge on any atom is -0.480 e. The van der Waals surface area contributed by atoms with Gasteiger partial charge in [0.2, 0.25) is 5.89 Å². The smallest absolute Gasteiger partial charge is 0.317 e. The van der Waals surface area contributed by atoms with Crippen LogP contribution in [0.5, 0.6) is 0 Å². The molecule has 0 saturated heterocycles. The number of carbonyl (C=O) groups is 1. The van der Waals surface area contributed by atoms with Crippen LogP contribution in [0.25, 0.3) is 11.5 Å². The van der Waals surface area contributed by atoms with Crippen LogP contribution in [-0.2, 0) is 10.2 Å². The van der Waals surface area contributed by atoms with E-state index in [1.54, 1.807) is 0 Å². The Kier molecular flexibility index (Phi) is 2.26. The lowest BCUT2D eigenvalue weighted by Crippen LogP contribution is -2.18. The number of carboxylic acids is 1. The van der Waals surface area contributed by atoms with Gasteiger partial charge >= 0.3 is 5.97 Å². The largest absolute Gasteiger partial charge is 0.480 e. The number of aliphatic carboxylic acids is 1. The molecular formula is C14H13NO3. The van der Waals surface area contributed by atoms with E-state index in [4.69, 9.17) is 4.42 Å². The summed E-state index contributed by atoms with van der Waals surface area (Å²) in [7, 11) is 0. The molecule has 1 aromatic carbocycles. The Balaban J connectivity index is 1.95. The molecule has 1 N–H and O–H groups in total. The first-order valence-electron chi connectivity index (χ1n) is 5.88. The van der Waals surface area contributed by atoms with Crippen LogP contribution in [0.15, 0.2) is 34.9 Å². The Bertz CT molecular complexity index is 594. The Labute approximate surface area is 104 Å². The van der Waals surface area contributed by atoms with E-state index in [-0.39, 0.29) is 0 Å². The zero-order valence-corrected chi connectivity index (χ0v) is 10.0. The van der Waals surface area contributed by atoms with E-state index in [9.17, 15) is 9.90 Å². The number of hydrogen-bond acceptors (Lipinski definition) is 3. The van der Waals surface area contributed by atoms with Gasteiger partial charge in [-0.1, -0.05) is 17.7 Å². The van der Waals surface area contributed by atoms with Gasteiger partial charge in [-0.15, -0.1) is 0 Å². The van der Waals surface area contributed by atoms with E-state index in [0.29, 0.717) is 24.5 Å². The molecule has 18 heavy (non-hydrogen) atoms. The molecule has 1 heterocycles. The molecule has 0 radical (unpaired) electrons. The fraction of sp³-hybridized carbons (Fsp3) is 0.286. The molecule has 1 aromatic heterocycles. The highest BCUT2D eigenvalue weighted by atomic mass is 16.4. The van der Waals surface area contributed by atoms with Crippen LogP contribution in [0.1, 0.15) is 24.2 Å². The first kappa shape index (κ1) is 11.0. The summed E-state index contributed by atoms with van der Waals surface area (Å²) >= 11 is 0. The summed E-state index contributed by atoms with van der Waals surface area (Å²) in [5.74, 6) is 0.122. The van der Waals surface area contributed by atoms with Crippen molar-refractivity contribution in [3.05, 3.63) is 41.8 Å². The number of aryl methyl sites for hydroxylation is 1. The molecule has 0 amide bonds. The second-order valence-electron chi connectivity index (χ2n) is 4.78. The lowest BCUT2D eigenvalue weighted by molar-refractivity contribution is -0.140. The molecule has 92 valence electrons. The van der Waals surface area contributed by atoms with Crippen LogP contribution in [0, 0.1) is 6.92 Å². The Morgan fingerprint density at radius 1 is 1.33 bits per heavy atom. The number of oxazole rings is 1. The van der Waals surface area contributed by atoms with Gasteiger partial charge in [0.05, 0.1) is 6.20 Å². The second kappa shape index (κ2) is 3.70. The summed E-state index contributed by atoms with van der Waals surface area (Å²) in [6.45, 7) is 2.01. The highest BCUT2D eigenvalue weighted by Crippen LogP contribution is 2.49. The molecule has 1 saturated carbocycles. The number of aromatic nitrogens is 1. The Hall–Kier alpha value is -2.10. The molecule has 0 unspecified atom stereocenters. The summed E-state index contributed by atoms with van der Waals surface area (Å²) in [4.78, 5) is 15.4. The number of nitrogens with zero attached hydrogens (tertiary/aromatic N) is 1. The maximum Gasteiger partial charge on any atom is 0.317 e. The van der Waals surface area contributed by atoms with E-state index in [1.807, 2.05) is 31.2 Å². The van der Waals surface area contributed by atoms with Gasteiger partial charge in [-0.3, -0.25) is 4.79 Å². The highest BCUT2D eigenvalue weighted by molar-refractivity contribution is 5.84. The predicted octanol–water partition coefficient (Wildman–Crippen LogP) is 2.77. The highest BCUT2D eigenvalue weighted by Gasteiger charge is 2.55. The van der Waals surface area contributed by atoms with E-state index >= 15 is 0 Å². The molecule has 1 aliphatic rings. The maximum atomic E-state index is 11.2. The van der Waals surface area contributed by atoms with Crippen molar-refractivity contribution in [3.63, 3.8) is 0 Å². The van der Waals surface area contributed by atoms with Crippen molar-refractivity contribution in [3.8, 4) is 11.5 Å². The van der Waals surface area contributed by atoms with Gasteiger partial charge < -0.3 is 9.52 Å². The summed E-state index contributed by atoms with van der Waals surface area (Å²) in [5, 5.41) is 9.19. The van der Waals surface area contributed by atoms with E-state index in [0.717, 1.165) is 11.1 Å². The number of hydrogen-bond donors (Lipinski definition) is 1. The molecule has 1 aliphatic carbocycles. The van der Waals surface area contributed by atoms with Crippen LogP contribution >= 0.6 is 0 Å². The van der Waals surface area contributed by atoms with Gasteiger partial charge in [-0.2, -0.15) is 0 Å². The van der Waals surface area contributed by atoms with E-state index in [1.165, 1.54) is 6.20 Å². The molecule has 1 fully saturated rings. The average Bonchev–Trinajstić information content (AvgIpc) is 3.03. The molecular weight excluding hydrogens is 230 g/mol. The number of benzene rings is 1. The van der Waals surface area contributed by atoms with Crippen molar-refractivity contribution >= 4 is 5.97 Å². The van der Waals surface area contributed by atoms with Gasteiger partial charge in [0, 0.05) is 5.56 Å². The first-order valence-corrected chi connectivity index (χ1v) is 5.88. The zero-order chi connectivity index (χ0) is 12.8. The zero-order valence-electron chi connectivity index (χ0n) is 10.0. The van der Waals surface area contributed by atoms with Gasteiger partial charge in [-0.25, -0.2) is 4.98 Å². The Morgan fingerprint density at radius 2 is 2.00 bits per heavy atom. The molecule has 4 heteroatoms. The van der Waals surface area contributed by atoms with Crippen LogP contribution < -0.4 is 0 Å². The molecule has 0 aliphatic heterocycles. The fourth-order valence-electron chi connectivity index (χ4n) is 2.02. The minimum absolute atomic E-state index is 0.463. The van der Waals surface area contributed by atoms with Crippen LogP contribution in [0.2, 0.25) is 0 Å². The van der Waals surface area contributed by atoms with Crippen molar-refractivity contribution in [2.45, 2.75) is 25.2 Å². The number of carboxylic acid groups (broad SMARTS) is 1.